The van der Waals surface area contributed by atoms with Crippen LogP contribution in [0.4, 0.5) is 0 Å². The molecule has 1 aromatic carbocycles. The molecule has 0 aliphatic heterocycles. The van der Waals surface area contributed by atoms with E-state index >= 15 is 0 Å². The molecule has 1 aromatic rings. The van der Waals surface area contributed by atoms with E-state index in [1.54, 1.807) is 26.8 Å². The highest BCUT2D eigenvalue weighted by atomic mass is 32.2. The summed E-state index contributed by atoms with van der Waals surface area (Å²) < 4.78 is 24.3. The molecule has 1 aliphatic carbocycles. The highest BCUT2D eigenvalue weighted by Gasteiger charge is 2.40. The molecule has 2 rings (SSSR count). The summed E-state index contributed by atoms with van der Waals surface area (Å²) in [6.45, 7) is 6.97. The van der Waals surface area contributed by atoms with Gasteiger partial charge in [0.05, 0.1) is 4.90 Å². The summed E-state index contributed by atoms with van der Waals surface area (Å²) in [7, 11) is -3.42. The molecule has 0 unspecified atom stereocenters. The summed E-state index contributed by atoms with van der Waals surface area (Å²) in [5.74, 6) is -2.55. The zero-order valence-corrected chi connectivity index (χ0v) is 16.1. The van der Waals surface area contributed by atoms with Crippen LogP contribution >= 0.6 is 0 Å². The van der Waals surface area contributed by atoms with Crippen LogP contribution in [0, 0.1) is 26.7 Å². The minimum Gasteiger partial charge on any atom is -0.298 e. The second-order valence-corrected chi connectivity index (χ2v) is 8.89. The molecule has 0 aromatic heterocycles. The zero-order valence-electron chi connectivity index (χ0n) is 15.3. The van der Waals surface area contributed by atoms with Gasteiger partial charge in [0.1, 0.15) is 5.92 Å². The van der Waals surface area contributed by atoms with Crippen molar-refractivity contribution >= 4 is 27.2 Å². The Bertz CT molecular complexity index is 846. The number of carbonyl (C=O) groups is 3. The number of carbonyl (C=O) groups excluding carboxylic acids is 3. The summed E-state index contributed by atoms with van der Waals surface area (Å²) in [5.41, 5.74) is 2.88. The standard InChI is InChI=1S/C19H24O5S/c1-6-14(20)18-15(21)8-13(9-16(18)22)17-10(2)7-11(3)19(12(17)4)25(5,23)24/h7,13,18H,6,8-9H2,1-5H3. The van der Waals surface area contributed by atoms with Gasteiger partial charge < -0.3 is 0 Å². The maximum Gasteiger partial charge on any atom is 0.176 e. The molecule has 1 saturated carbocycles. The quantitative estimate of drug-likeness (QED) is 0.767. The molecule has 1 fully saturated rings. The number of ketones is 3. The highest BCUT2D eigenvalue weighted by molar-refractivity contribution is 7.90. The minimum atomic E-state index is -3.42. The third kappa shape index (κ3) is 3.59. The Balaban J connectivity index is 2.53. The Morgan fingerprint density at radius 1 is 1.08 bits per heavy atom. The van der Waals surface area contributed by atoms with Gasteiger partial charge in [-0.25, -0.2) is 8.42 Å². The first kappa shape index (κ1) is 19.5. The summed E-state index contributed by atoms with van der Waals surface area (Å²) in [4.78, 5) is 36.9. The maximum atomic E-state index is 12.4. The molecule has 0 heterocycles. The number of benzene rings is 1. The molecule has 136 valence electrons. The van der Waals surface area contributed by atoms with Gasteiger partial charge in [-0.15, -0.1) is 0 Å². The number of hydrogen-bond acceptors (Lipinski definition) is 5. The van der Waals surface area contributed by atoms with Gasteiger partial charge in [0.2, 0.25) is 0 Å². The van der Waals surface area contributed by atoms with E-state index in [-0.39, 0.29) is 47.4 Å². The second kappa shape index (κ2) is 6.83. The monoisotopic (exact) mass is 364 g/mol. The zero-order chi connectivity index (χ0) is 19.1. The number of rotatable bonds is 4. The SMILES string of the molecule is CCC(=O)C1C(=O)CC(c2c(C)cc(C)c(S(C)(=O)=O)c2C)CC1=O. The fraction of sp³-hybridized carbons (Fsp3) is 0.526. The van der Waals surface area contributed by atoms with E-state index < -0.39 is 15.8 Å². The van der Waals surface area contributed by atoms with Gasteiger partial charge in [0.25, 0.3) is 0 Å². The van der Waals surface area contributed by atoms with E-state index in [1.165, 1.54) is 0 Å². The summed E-state index contributed by atoms with van der Waals surface area (Å²) in [5, 5.41) is 0. The van der Waals surface area contributed by atoms with Crippen molar-refractivity contribution in [3.63, 3.8) is 0 Å². The van der Waals surface area contributed by atoms with Gasteiger partial charge in [-0.05, 0) is 48.9 Å². The van der Waals surface area contributed by atoms with Crippen LogP contribution in [0.25, 0.3) is 0 Å². The van der Waals surface area contributed by atoms with Crippen molar-refractivity contribution in [3.8, 4) is 0 Å². The first-order valence-electron chi connectivity index (χ1n) is 8.37. The van der Waals surface area contributed by atoms with E-state index in [0.29, 0.717) is 11.1 Å². The smallest absolute Gasteiger partial charge is 0.176 e. The largest absolute Gasteiger partial charge is 0.298 e. The molecule has 6 heteroatoms. The van der Waals surface area contributed by atoms with Crippen molar-refractivity contribution in [1.82, 2.24) is 0 Å². The minimum absolute atomic E-state index is 0.0933. The van der Waals surface area contributed by atoms with E-state index in [0.717, 1.165) is 17.4 Å². The summed E-state index contributed by atoms with van der Waals surface area (Å²) in [6, 6.07) is 1.79. The molecule has 0 atom stereocenters. The molecule has 5 nitrogen and oxygen atoms in total. The van der Waals surface area contributed by atoms with Crippen LogP contribution in [0.15, 0.2) is 11.0 Å². The Morgan fingerprint density at radius 3 is 2.04 bits per heavy atom. The van der Waals surface area contributed by atoms with Gasteiger partial charge in [0, 0.05) is 25.5 Å². The molecule has 0 saturated heterocycles. The molecule has 1 aliphatic rings. The maximum absolute atomic E-state index is 12.4. The number of Topliss-reactive ketones (excluding diaryl/α,β-unsaturated/α-hetero) is 3. The molecule has 0 bridgehead atoms. The first-order chi connectivity index (χ1) is 11.5. The molecule has 0 radical (unpaired) electrons. The Hall–Kier alpha value is -1.82. The third-order valence-electron chi connectivity index (χ3n) is 4.95. The van der Waals surface area contributed by atoms with Crippen LogP contribution in [0.1, 0.15) is 54.4 Å². The van der Waals surface area contributed by atoms with Crippen LogP contribution < -0.4 is 0 Å². The molecule has 0 spiro atoms. The third-order valence-corrected chi connectivity index (χ3v) is 6.32. The fourth-order valence-electron chi connectivity index (χ4n) is 4.12. The average Bonchev–Trinajstić information content (AvgIpc) is 2.43. The average molecular weight is 364 g/mol. The van der Waals surface area contributed by atoms with Gasteiger partial charge >= 0.3 is 0 Å². The van der Waals surface area contributed by atoms with Crippen molar-refractivity contribution in [2.24, 2.45) is 5.92 Å². The van der Waals surface area contributed by atoms with Crippen molar-refractivity contribution in [2.75, 3.05) is 6.26 Å². The predicted molar refractivity (Wildman–Crippen MR) is 94.5 cm³/mol. The number of sulfone groups is 1. The van der Waals surface area contributed by atoms with Crippen LogP contribution in [0.3, 0.4) is 0 Å². The summed E-state index contributed by atoms with van der Waals surface area (Å²) >= 11 is 0. The van der Waals surface area contributed by atoms with Gasteiger partial charge in [0.15, 0.2) is 27.2 Å². The lowest BCUT2D eigenvalue weighted by Crippen LogP contribution is -2.38. The lowest BCUT2D eigenvalue weighted by Gasteiger charge is -2.29. The predicted octanol–water partition coefficient (Wildman–Crippen LogP) is 2.63. The van der Waals surface area contributed by atoms with Crippen molar-refractivity contribution in [1.29, 1.82) is 0 Å². The molecule has 0 amide bonds. The van der Waals surface area contributed by atoms with E-state index in [4.69, 9.17) is 0 Å². The van der Waals surface area contributed by atoms with Crippen LogP contribution in [-0.4, -0.2) is 32.0 Å². The van der Waals surface area contributed by atoms with Crippen molar-refractivity contribution in [3.05, 3.63) is 28.3 Å². The number of hydrogen-bond donors (Lipinski definition) is 0. The normalized spacial score (nSPS) is 21.5. The van der Waals surface area contributed by atoms with Gasteiger partial charge in [-0.1, -0.05) is 13.0 Å². The summed E-state index contributed by atoms with van der Waals surface area (Å²) in [6.07, 6.45) is 1.51. The lowest BCUT2D eigenvalue weighted by atomic mass is 9.73. The molecular weight excluding hydrogens is 340 g/mol. The highest BCUT2D eigenvalue weighted by Crippen LogP contribution is 2.38. The second-order valence-electron chi connectivity index (χ2n) is 6.94. The number of aryl methyl sites for hydroxylation is 2. The van der Waals surface area contributed by atoms with Crippen LogP contribution in [0.2, 0.25) is 0 Å². The molecule has 25 heavy (non-hydrogen) atoms. The Kier molecular flexibility index (Phi) is 5.33. The first-order valence-corrected chi connectivity index (χ1v) is 10.3. The molecular formula is C19H24O5S. The van der Waals surface area contributed by atoms with E-state index in [1.807, 2.05) is 6.92 Å². The van der Waals surface area contributed by atoms with E-state index in [9.17, 15) is 22.8 Å². The van der Waals surface area contributed by atoms with Crippen molar-refractivity contribution in [2.45, 2.75) is 57.8 Å². The Labute approximate surface area is 148 Å². The van der Waals surface area contributed by atoms with Crippen LogP contribution in [0.5, 0.6) is 0 Å². The lowest BCUT2D eigenvalue weighted by molar-refractivity contribution is -0.142. The molecule has 0 N–H and O–H groups in total. The fourth-order valence-corrected chi connectivity index (χ4v) is 5.43. The topological polar surface area (TPSA) is 85.3 Å². The Morgan fingerprint density at radius 2 is 1.60 bits per heavy atom. The van der Waals surface area contributed by atoms with Gasteiger partial charge in [-0.3, -0.25) is 14.4 Å². The van der Waals surface area contributed by atoms with Gasteiger partial charge in [-0.2, -0.15) is 0 Å². The van der Waals surface area contributed by atoms with Crippen molar-refractivity contribution < 1.29 is 22.8 Å². The van der Waals surface area contributed by atoms with Crippen LogP contribution in [-0.2, 0) is 24.2 Å². The van der Waals surface area contributed by atoms with E-state index in [2.05, 4.69) is 0 Å².